The van der Waals surface area contributed by atoms with Gasteiger partial charge in [-0.05, 0) is 25.0 Å². The van der Waals surface area contributed by atoms with Crippen LogP contribution in [0.2, 0.25) is 0 Å². The summed E-state index contributed by atoms with van der Waals surface area (Å²) in [4.78, 5) is 4.17. The third kappa shape index (κ3) is 2.27. The smallest absolute Gasteiger partial charge is 0.199 e. The van der Waals surface area contributed by atoms with Crippen LogP contribution in [0.25, 0.3) is 5.65 Å². The van der Waals surface area contributed by atoms with Crippen molar-refractivity contribution in [2.45, 2.75) is 12.8 Å². The number of hydrogen-bond donors (Lipinski definition) is 1. The van der Waals surface area contributed by atoms with E-state index in [1.54, 1.807) is 6.20 Å². The van der Waals surface area contributed by atoms with E-state index in [0.717, 1.165) is 24.4 Å². The summed E-state index contributed by atoms with van der Waals surface area (Å²) in [7, 11) is 0. The summed E-state index contributed by atoms with van der Waals surface area (Å²) < 4.78 is 7.49. The monoisotopic (exact) mass is 206 g/mol. The van der Waals surface area contributed by atoms with E-state index >= 15 is 0 Å². The van der Waals surface area contributed by atoms with Crippen molar-refractivity contribution in [2.75, 3.05) is 13.2 Å². The molecule has 0 bridgehead atoms. The van der Waals surface area contributed by atoms with Gasteiger partial charge in [-0.25, -0.2) is 4.98 Å². The first-order valence-electron chi connectivity index (χ1n) is 5.07. The number of fused-ring (bicyclic) bond motifs is 1. The summed E-state index contributed by atoms with van der Waals surface area (Å²) in [5.74, 6) is 0.794. The summed E-state index contributed by atoms with van der Waals surface area (Å²) in [5.41, 5.74) is 0.884. The number of hydrogen-bond acceptors (Lipinski definition) is 3. The van der Waals surface area contributed by atoms with Gasteiger partial charge in [-0.1, -0.05) is 6.07 Å². The van der Waals surface area contributed by atoms with Gasteiger partial charge in [-0.2, -0.15) is 0 Å². The molecule has 0 radical (unpaired) electrons. The standard InChI is InChI=1S/C11H14N2O2/c14-8-1-2-9-15-11-5-3-4-10-12-6-7-13(10)11/h3-7,14H,1-2,8-9H2. The summed E-state index contributed by atoms with van der Waals surface area (Å²) in [6.07, 6.45) is 5.26. The zero-order valence-electron chi connectivity index (χ0n) is 8.47. The second-order valence-electron chi connectivity index (χ2n) is 3.30. The summed E-state index contributed by atoms with van der Waals surface area (Å²) in [5, 5.41) is 8.63. The van der Waals surface area contributed by atoms with Crippen LogP contribution in [0.3, 0.4) is 0 Å². The number of ether oxygens (including phenoxy) is 1. The fraction of sp³-hybridized carbons (Fsp3) is 0.364. The van der Waals surface area contributed by atoms with Crippen LogP contribution >= 0.6 is 0 Å². The molecule has 0 atom stereocenters. The number of aliphatic hydroxyl groups is 1. The minimum atomic E-state index is 0.221. The van der Waals surface area contributed by atoms with Crippen LogP contribution in [-0.4, -0.2) is 27.7 Å². The molecule has 1 N–H and O–H groups in total. The fourth-order valence-electron chi connectivity index (χ4n) is 1.43. The molecular formula is C11H14N2O2. The lowest BCUT2D eigenvalue weighted by atomic mass is 10.3. The van der Waals surface area contributed by atoms with Gasteiger partial charge in [-0.15, -0.1) is 0 Å². The maximum atomic E-state index is 8.63. The van der Waals surface area contributed by atoms with Crippen LogP contribution in [0.15, 0.2) is 30.6 Å². The second-order valence-corrected chi connectivity index (χ2v) is 3.30. The SMILES string of the molecule is OCCCCOc1cccc2nccn12. The Hall–Kier alpha value is -1.55. The van der Waals surface area contributed by atoms with Crippen LogP contribution in [0.4, 0.5) is 0 Å². The quantitative estimate of drug-likeness (QED) is 0.754. The number of rotatable bonds is 5. The molecule has 80 valence electrons. The number of imidazole rings is 1. The van der Waals surface area contributed by atoms with Crippen LogP contribution in [0, 0.1) is 0 Å². The lowest BCUT2D eigenvalue weighted by Gasteiger charge is -2.07. The van der Waals surface area contributed by atoms with E-state index in [9.17, 15) is 0 Å². The van der Waals surface area contributed by atoms with Crippen molar-refractivity contribution in [3.05, 3.63) is 30.6 Å². The third-order valence-electron chi connectivity index (χ3n) is 2.19. The summed E-state index contributed by atoms with van der Waals surface area (Å²) >= 11 is 0. The fourth-order valence-corrected chi connectivity index (χ4v) is 1.43. The molecule has 2 aromatic rings. The zero-order valence-corrected chi connectivity index (χ0v) is 8.47. The normalized spacial score (nSPS) is 10.7. The van der Waals surface area contributed by atoms with Crippen molar-refractivity contribution in [3.63, 3.8) is 0 Å². The van der Waals surface area contributed by atoms with Crippen molar-refractivity contribution in [2.24, 2.45) is 0 Å². The van der Waals surface area contributed by atoms with Gasteiger partial charge in [0.2, 0.25) is 0 Å². The Kier molecular flexibility index (Phi) is 3.19. The molecule has 0 aliphatic carbocycles. The molecule has 0 spiro atoms. The van der Waals surface area contributed by atoms with E-state index in [2.05, 4.69) is 4.98 Å². The van der Waals surface area contributed by atoms with E-state index in [1.807, 2.05) is 28.8 Å². The van der Waals surface area contributed by atoms with Crippen molar-refractivity contribution >= 4 is 5.65 Å². The first-order valence-corrected chi connectivity index (χ1v) is 5.07. The second kappa shape index (κ2) is 4.79. The largest absolute Gasteiger partial charge is 0.479 e. The average Bonchev–Trinajstić information content (AvgIpc) is 2.73. The van der Waals surface area contributed by atoms with E-state index in [-0.39, 0.29) is 6.61 Å². The van der Waals surface area contributed by atoms with Gasteiger partial charge in [0, 0.05) is 19.0 Å². The maximum absolute atomic E-state index is 8.63. The van der Waals surface area contributed by atoms with E-state index < -0.39 is 0 Å². The van der Waals surface area contributed by atoms with Gasteiger partial charge in [-0.3, -0.25) is 4.40 Å². The molecule has 4 nitrogen and oxygen atoms in total. The number of pyridine rings is 1. The molecule has 0 amide bonds. The summed E-state index contributed by atoms with van der Waals surface area (Å²) in [6.45, 7) is 0.844. The molecule has 0 unspecified atom stereocenters. The molecule has 0 aromatic carbocycles. The molecule has 2 heterocycles. The molecule has 0 aliphatic rings. The highest BCUT2D eigenvalue weighted by molar-refractivity contribution is 5.41. The average molecular weight is 206 g/mol. The van der Waals surface area contributed by atoms with Crippen LogP contribution in [0.5, 0.6) is 5.88 Å². The highest BCUT2D eigenvalue weighted by Gasteiger charge is 2.00. The van der Waals surface area contributed by atoms with Gasteiger partial charge < -0.3 is 9.84 Å². The minimum absolute atomic E-state index is 0.221. The molecule has 15 heavy (non-hydrogen) atoms. The lowest BCUT2D eigenvalue weighted by molar-refractivity contribution is 0.248. The molecule has 2 rings (SSSR count). The van der Waals surface area contributed by atoms with Crippen molar-refractivity contribution < 1.29 is 9.84 Å². The Bertz CT molecular complexity index is 425. The topological polar surface area (TPSA) is 46.8 Å². The molecule has 2 aromatic heterocycles. The van der Waals surface area contributed by atoms with E-state index in [0.29, 0.717) is 6.61 Å². The molecule has 0 aliphatic heterocycles. The van der Waals surface area contributed by atoms with Crippen molar-refractivity contribution in [1.82, 2.24) is 9.38 Å². The Morgan fingerprint density at radius 2 is 2.27 bits per heavy atom. The highest BCUT2D eigenvalue weighted by Crippen LogP contribution is 2.13. The number of nitrogens with zero attached hydrogens (tertiary/aromatic N) is 2. The zero-order chi connectivity index (χ0) is 10.5. The highest BCUT2D eigenvalue weighted by atomic mass is 16.5. The molecular weight excluding hydrogens is 192 g/mol. The Balaban J connectivity index is 2.04. The van der Waals surface area contributed by atoms with Gasteiger partial charge in [0.05, 0.1) is 6.61 Å². The number of unbranched alkanes of at least 4 members (excludes halogenated alkanes) is 1. The predicted molar refractivity (Wildman–Crippen MR) is 57.0 cm³/mol. The molecule has 0 saturated carbocycles. The van der Waals surface area contributed by atoms with Gasteiger partial charge in [0.15, 0.2) is 5.88 Å². The molecule has 4 heteroatoms. The molecule has 0 fully saturated rings. The first kappa shape index (κ1) is 9.98. The van der Waals surface area contributed by atoms with Crippen molar-refractivity contribution in [3.8, 4) is 5.88 Å². The van der Waals surface area contributed by atoms with Crippen LogP contribution in [0.1, 0.15) is 12.8 Å². The van der Waals surface area contributed by atoms with Crippen LogP contribution in [-0.2, 0) is 0 Å². The van der Waals surface area contributed by atoms with E-state index in [1.165, 1.54) is 0 Å². The van der Waals surface area contributed by atoms with Gasteiger partial charge in [0.25, 0.3) is 0 Å². The van der Waals surface area contributed by atoms with Gasteiger partial charge >= 0.3 is 0 Å². The molecule has 0 saturated heterocycles. The maximum Gasteiger partial charge on any atom is 0.199 e. The Morgan fingerprint density at radius 3 is 3.13 bits per heavy atom. The number of aromatic nitrogens is 2. The predicted octanol–water partition coefficient (Wildman–Crippen LogP) is 1.49. The Morgan fingerprint density at radius 1 is 1.33 bits per heavy atom. The Labute approximate surface area is 88.1 Å². The number of aliphatic hydroxyl groups excluding tert-OH is 1. The van der Waals surface area contributed by atoms with E-state index in [4.69, 9.17) is 9.84 Å². The lowest BCUT2D eigenvalue weighted by Crippen LogP contribution is -2.02. The first-order chi connectivity index (χ1) is 7.42. The van der Waals surface area contributed by atoms with Crippen LogP contribution < -0.4 is 4.74 Å². The van der Waals surface area contributed by atoms with Crippen molar-refractivity contribution in [1.29, 1.82) is 0 Å². The minimum Gasteiger partial charge on any atom is -0.479 e. The summed E-state index contributed by atoms with van der Waals surface area (Å²) in [6, 6.07) is 5.76. The van der Waals surface area contributed by atoms with Gasteiger partial charge in [0.1, 0.15) is 5.65 Å². The third-order valence-corrected chi connectivity index (χ3v) is 2.19.